The summed E-state index contributed by atoms with van der Waals surface area (Å²) < 4.78 is 17.1. The number of aryl methyl sites for hydroxylation is 2. The number of aromatic nitrogens is 1. The first-order valence-corrected chi connectivity index (χ1v) is 11.3. The van der Waals surface area contributed by atoms with E-state index in [9.17, 15) is 20.0 Å². The fraction of sp³-hybridized carbons (Fsp3) is 0.391. The summed E-state index contributed by atoms with van der Waals surface area (Å²) in [7, 11) is 0. The Labute approximate surface area is 193 Å². The van der Waals surface area contributed by atoms with Crippen LogP contribution in [0.3, 0.4) is 0 Å². The minimum atomic E-state index is -1.43. The lowest BCUT2D eigenvalue weighted by Gasteiger charge is -2.37. The van der Waals surface area contributed by atoms with Crippen molar-refractivity contribution in [3.05, 3.63) is 45.1 Å². The van der Waals surface area contributed by atoms with Gasteiger partial charge in [0.15, 0.2) is 0 Å². The lowest BCUT2D eigenvalue weighted by Crippen LogP contribution is -2.58. The van der Waals surface area contributed by atoms with E-state index in [4.69, 9.17) is 13.9 Å². The van der Waals surface area contributed by atoms with Crippen LogP contribution in [0.5, 0.6) is 5.75 Å². The van der Waals surface area contributed by atoms with Gasteiger partial charge in [0.1, 0.15) is 35.3 Å². The van der Waals surface area contributed by atoms with Crippen molar-refractivity contribution in [2.45, 2.75) is 51.9 Å². The Hall–Kier alpha value is -3.42. The fourth-order valence-electron chi connectivity index (χ4n) is 4.07. The second kappa shape index (κ2) is 8.84. The second-order valence-electron chi connectivity index (χ2n) is 8.12. The van der Waals surface area contributed by atoms with Gasteiger partial charge in [-0.3, -0.25) is 4.79 Å². The van der Waals surface area contributed by atoms with Crippen molar-refractivity contribution in [2.24, 2.45) is 0 Å². The van der Waals surface area contributed by atoms with Crippen LogP contribution in [0.2, 0.25) is 0 Å². The van der Waals surface area contributed by atoms with Crippen LogP contribution >= 0.6 is 11.3 Å². The van der Waals surface area contributed by atoms with Gasteiger partial charge in [-0.25, -0.2) is 9.78 Å². The average Bonchev–Trinajstić information content (AvgIpc) is 3.32. The molecule has 1 aliphatic rings. The molecule has 2 N–H and O–H groups in total. The van der Waals surface area contributed by atoms with Crippen molar-refractivity contribution in [1.29, 1.82) is 5.26 Å². The topological polar surface area (TPSA) is 135 Å². The number of rotatable bonds is 6. The quantitative estimate of drug-likeness (QED) is 0.558. The third-order valence-electron chi connectivity index (χ3n) is 5.85. The number of nitrogens with zero attached hydrogens (tertiary/aromatic N) is 2. The molecule has 1 amide bonds. The van der Waals surface area contributed by atoms with Crippen molar-refractivity contribution in [1.82, 2.24) is 10.3 Å². The zero-order valence-corrected chi connectivity index (χ0v) is 19.2. The van der Waals surface area contributed by atoms with Gasteiger partial charge in [-0.15, -0.1) is 11.3 Å². The van der Waals surface area contributed by atoms with Crippen LogP contribution in [0.25, 0.3) is 11.0 Å². The Kier molecular flexibility index (Phi) is 6.10. The van der Waals surface area contributed by atoms with Gasteiger partial charge in [-0.1, -0.05) is 0 Å². The predicted molar refractivity (Wildman–Crippen MR) is 119 cm³/mol. The highest BCUT2D eigenvalue weighted by Crippen LogP contribution is 2.34. The largest absolute Gasteiger partial charge is 0.487 e. The van der Waals surface area contributed by atoms with E-state index in [0.29, 0.717) is 22.5 Å². The van der Waals surface area contributed by atoms with Gasteiger partial charge in [0.2, 0.25) is 0 Å². The maximum Gasteiger partial charge on any atom is 0.329 e. The third kappa shape index (κ3) is 4.29. The molecule has 172 valence electrons. The molecule has 0 bridgehead atoms. The number of carbonyl (C=O) groups is 2. The van der Waals surface area contributed by atoms with Gasteiger partial charge in [0.25, 0.3) is 5.91 Å². The molecule has 33 heavy (non-hydrogen) atoms. The smallest absolute Gasteiger partial charge is 0.329 e. The number of ether oxygens (including phenoxy) is 2. The first-order valence-electron chi connectivity index (χ1n) is 10.4. The van der Waals surface area contributed by atoms with Gasteiger partial charge < -0.3 is 24.3 Å². The standard InChI is InChI=1S/C23H23N3O6S/c1-12-8-23(22(28)29,4-5-30-12)26-21(27)20-14(3)32-18-6-15(9-24)17(7-16(18)20)31-10-19-13(2)25-11-33-19/h6-7,11-12H,4-5,8,10H2,1-3H3,(H,26,27)(H,28,29). The van der Waals surface area contributed by atoms with Crippen LogP contribution in [0.4, 0.5) is 0 Å². The molecule has 2 atom stereocenters. The molecular formula is C23H23N3O6S. The van der Waals surface area contributed by atoms with Crippen molar-refractivity contribution >= 4 is 34.2 Å². The molecule has 0 saturated carbocycles. The zero-order valence-electron chi connectivity index (χ0n) is 18.4. The van der Waals surface area contributed by atoms with E-state index >= 15 is 0 Å². The first-order chi connectivity index (χ1) is 15.7. The minimum absolute atomic E-state index is 0.157. The summed E-state index contributed by atoms with van der Waals surface area (Å²) in [5.74, 6) is -1.04. The van der Waals surface area contributed by atoms with Crippen LogP contribution in [0, 0.1) is 25.2 Å². The highest BCUT2D eigenvalue weighted by atomic mass is 32.1. The van der Waals surface area contributed by atoms with Crippen LogP contribution in [-0.2, 0) is 16.1 Å². The lowest BCUT2D eigenvalue weighted by atomic mass is 9.86. The Morgan fingerprint density at radius 3 is 2.85 bits per heavy atom. The molecule has 10 heteroatoms. The Bertz CT molecular complexity index is 1270. The average molecular weight is 470 g/mol. The van der Waals surface area contributed by atoms with E-state index < -0.39 is 17.4 Å². The lowest BCUT2D eigenvalue weighted by molar-refractivity contribution is -0.150. The molecule has 1 saturated heterocycles. The number of aliphatic carboxylic acids is 1. The molecule has 2 unspecified atom stereocenters. The van der Waals surface area contributed by atoms with Crippen LogP contribution in [-0.4, -0.2) is 40.2 Å². The SMILES string of the molecule is Cc1ncsc1COc1cc2c(C(=O)NC3(C(=O)O)CCOC(C)C3)c(C)oc2cc1C#N. The summed E-state index contributed by atoms with van der Waals surface area (Å²) in [6.07, 6.45) is 0.0176. The maximum atomic E-state index is 13.3. The van der Waals surface area contributed by atoms with Gasteiger partial charge in [0.05, 0.1) is 33.3 Å². The van der Waals surface area contributed by atoms with Crippen molar-refractivity contribution in [3.8, 4) is 11.8 Å². The highest BCUT2D eigenvalue weighted by molar-refractivity contribution is 7.09. The van der Waals surface area contributed by atoms with E-state index in [1.165, 1.54) is 17.4 Å². The van der Waals surface area contributed by atoms with E-state index in [2.05, 4.69) is 16.4 Å². The Balaban J connectivity index is 1.69. The summed E-state index contributed by atoms with van der Waals surface area (Å²) in [5.41, 5.74) is 1.97. The number of carbonyl (C=O) groups excluding carboxylic acids is 1. The van der Waals surface area contributed by atoms with Crippen LogP contribution in [0.15, 0.2) is 22.1 Å². The van der Waals surface area contributed by atoms with E-state index in [1.54, 1.807) is 25.4 Å². The van der Waals surface area contributed by atoms with Gasteiger partial charge in [0, 0.05) is 30.9 Å². The number of hydrogen-bond donors (Lipinski definition) is 2. The molecule has 1 fully saturated rings. The van der Waals surface area contributed by atoms with Crippen molar-refractivity contribution in [2.75, 3.05) is 6.61 Å². The van der Waals surface area contributed by atoms with Crippen molar-refractivity contribution < 1.29 is 28.6 Å². The molecule has 3 aromatic rings. The number of carboxylic acids is 1. The van der Waals surface area contributed by atoms with Crippen LogP contribution in [0.1, 0.15) is 52.0 Å². The summed E-state index contributed by atoms with van der Waals surface area (Å²) in [6.45, 7) is 5.75. The van der Waals surface area contributed by atoms with E-state index in [1.807, 2.05) is 6.92 Å². The Morgan fingerprint density at radius 1 is 1.42 bits per heavy atom. The molecule has 0 radical (unpaired) electrons. The molecule has 3 heterocycles. The highest BCUT2D eigenvalue weighted by Gasteiger charge is 2.44. The molecule has 1 aliphatic heterocycles. The normalized spacial score (nSPS) is 20.4. The van der Waals surface area contributed by atoms with E-state index in [0.717, 1.165) is 10.6 Å². The van der Waals surface area contributed by atoms with Gasteiger partial charge in [-0.2, -0.15) is 5.26 Å². The summed E-state index contributed by atoms with van der Waals surface area (Å²) in [4.78, 5) is 30.5. The van der Waals surface area contributed by atoms with Crippen LogP contribution < -0.4 is 10.1 Å². The fourth-order valence-corrected chi connectivity index (χ4v) is 4.76. The number of fused-ring (bicyclic) bond motifs is 1. The van der Waals surface area contributed by atoms with Crippen molar-refractivity contribution in [3.63, 3.8) is 0 Å². The Morgan fingerprint density at radius 2 is 2.21 bits per heavy atom. The molecule has 1 aromatic carbocycles. The number of furan rings is 1. The third-order valence-corrected chi connectivity index (χ3v) is 6.76. The van der Waals surface area contributed by atoms with Gasteiger partial charge >= 0.3 is 5.97 Å². The summed E-state index contributed by atoms with van der Waals surface area (Å²) in [6, 6.07) is 5.21. The first kappa shape index (κ1) is 22.8. The molecule has 0 spiro atoms. The number of nitrogens with one attached hydrogen (secondary N) is 1. The molecule has 2 aromatic heterocycles. The monoisotopic (exact) mass is 469 g/mol. The maximum absolute atomic E-state index is 13.3. The molecule has 4 rings (SSSR count). The number of thiazole rings is 1. The summed E-state index contributed by atoms with van der Waals surface area (Å²) in [5, 5.41) is 22.6. The second-order valence-corrected chi connectivity index (χ2v) is 9.06. The predicted octanol–water partition coefficient (Wildman–Crippen LogP) is 3.71. The minimum Gasteiger partial charge on any atom is -0.487 e. The number of carboxylic acid groups (broad SMARTS) is 1. The number of hydrogen-bond acceptors (Lipinski definition) is 8. The molecular weight excluding hydrogens is 446 g/mol. The molecule has 0 aliphatic carbocycles. The number of benzene rings is 1. The summed E-state index contributed by atoms with van der Waals surface area (Å²) >= 11 is 1.45. The number of nitriles is 1. The zero-order chi connectivity index (χ0) is 23.8. The number of amides is 1. The van der Waals surface area contributed by atoms with Gasteiger partial charge in [-0.05, 0) is 26.8 Å². The molecule has 9 nitrogen and oxygen atoms in total. The van der Waals surface area contributed by atoms with E-state index in [-0.39, 0.29) is 43.3 Å².